The lowest BCUT2D eigenvalue weighted by atomic mass is 10.0. The number of aromatic amines is 1. The van der Waals surface area contributed by atoms with E-state index in [2.05, 4.69) is 58.5 Å². The maximum atomic E-state index is 4.19. The summed E-state index contributed by atoms with van der Waals surface area (Å²) in [4.78, 5) is 2.54. The first kappa shape index (κ1) is 16.1. The van der Waals surface area contributed by atoms with E-state index < -0.39 is 0 Å². The highest BCUT2D eigenvalue weighted by Crippen LogP contribution is 2.24. The number of anilines is 1. The first-order valence-electron chi connectivity index (χ1n) is 8.81. The van der Waals surface area contributed by atoms with Gasteiger partial charge in [-0.25, -0.2) is 0 Å². The topological polar surface area (TPSA) is 44.0 Å². The number of benzene rings is 1. The van der Waals surface area contributed by atoms with E-state index in [0.29, 0.717) is 5.92 Å². The molecule has 0 spiro atoms. The van der Waals surface area contributed by atoms with Gasteiger partial charge in [0.15, 0.2) is 0 Å². The van der Waals surface area contributed by atoms with Crippen LogP contribution in [0.5, 0.6) is 0 Å². The van der Waals surface area contributed by atoms with Gasteiger partial charge in [-0.15, -0.1) is 0 Å². The molecular formula is C19H28N4. The maximum absolute atomic E-state index is 4.19. The first-order valence-corrected chi connectivity index (χ1v) is 8.81. The lowest BCUT2D eigenvalue weighted by Gasteiger charge is -2.30. The predicted octanol–water partition coefficient (Wildman–Crippen LogP) is 3.81. The van der Waals surface area contributed by atoms with Crippen LogP contribution in [0.25, 0.3) is 0 Å². The van der Waals surface area contributed by atoms with Crippen LogP contribution in [0.15, 0.2) is 30.5 Å². The molecule has 0 aliphatic carbocycles. The van der Waals surface area contributed by atoms with Gasteiger partial charge in [-0.2, -0.15) is 5.10 Å². The van der Waals surface area contributed by atoms with Gasteiger partial charge in [0.2, 0.25) is 0 Å². The van der Waals surface area contributed by atoms with E-state index >= 15 is 0 Å². The Kier molecular flexibility index (Phi) is 5.34. The normalized spacial score (nSPS) is 15.3. The summed E-state index contributed by atoms with van der Waals surface area (Å²) >= 11 is 0. The van der Waals surface area contributed by atoms with Gasteiger partial charge in [0.1, 0.15) is 0 Å². The summed E-state index contributed by atoms with van der Waals surface area (Å²) < 4.78 is 0. The second-order valence-electron chi connectivity index (χ2n) is 6.74. The Hall–Kier alpha value is -1.81. The molecular weight excluding hydrogens is 284 g/mol. The predicted molar refractivity (Wildman–Crippen MR) is 95.7 cm³/mol. The Morgan fingerprint density at radius 3 is 2.70 bits per heavy atom. The van der Waals surface area contributed by atoms with E-state index in [-0.39, 0.29) is 0 Å². The number of nitrogens with one attached hydrogen (secondary N) is 2. The number of hydrogen-bond donors (Lipinski definition) is 2. The number of rotatable bonds is 6. The Labute approximate surface area is 139 Å². The number of para-hydroxylation sites is 1. The van der Waals surface area contributed by atoms with Crippen molar-refractivity contribution >= 4 is 5.69 Å². The van der Waals surface area contributed by atoms with Crippen molar-refractivity contribution in [2.24, 2.45) is 0 Å². The zero-order valence-electron chi connectivity index (χ0n) is 14.3. The van der Waals surface area contributed by atoms with Crippen LogP contribution in [-0.2, 0) is 13.1 Å². The number of H-pyrrole nitrogens is 1. The van der Waals surface area contributed by atoms with E-state index in [0.717, 1.165) is 13.1 Å². The Morgan fingerprint density at radius 2 is 1.91 bits per heavy atom. The molecule has 0 amide bonds. The number of aromatic nitrogens is 2. The molecule has 1 aromatic carbocycles. The fourth-order valence-electron chi connectivity index (χ4n) is 3.39. The van der Waals surface area contributed by atoms with Crippen molar-refractivity contribution in [1.82, 2.24) is 15.5 Å². The van der Waals surface area contributed by atoms with Crippen LogP contribution >= 0.6 is 0 Å². The SMILES string of the molecule is CC(C)c1cn[nH]c1CNCc1ccccc1N1CCCCC1. The summed E-state index contributed by atoms with van der Waals surface area (Å²) in [7, 11) is 0. The van der Waals surface area contributed by atoms with Crippen LogP contribution in [0, 0.1) is 0 Å². The van der Waals surface area contributed by atoms with E-state index in [1.807, 2.05) is 6.20 Å². The molecule has 1 fully saturated rings. The van der Waals surface area contributed by atoms with Gasteiger partial charge >= 0.3 is 0 Å². The lowest BCUT2D eigenvalue weighted by molar-refractivity contribution is 0.574. The molecule has 2 aromatic rings. The second kappa shape index (κ2) is 7.64. The summed E-state index contributed by atoms with van der Waals surface area (Å²) in [6.45, 7) is 8.52. The standard InChI is InChI=1S/C19H28N4/c1-15(2)17-13-21-22-18(17)14-20-12-16-8-4-5-9-19(16)23-10-6-3-7-11-23/h4-5,8-9,13,15,20H,3,6-7,10-12,14H2,1-2H3,(H,21,22). The molecule has 124 valence electrons. The third-order valence-electron chi connectivity index (χ3n) is 4.68. The van der Waals surface area contributed by atoms with Gasteiger partial charge in [-0.05, 0) is 42.4 Å². The van der Waals surface area contributed by atoms with Gasteiger partial charge in [0.05, 0.1) is 11.9 Å². The average Bonchev–Trinajstić information content (AvgIpc) is 3.05. The third-order valence-corrected chi connectivity index (χ3v) is 4.68. The van der Waals surface area contributed by atoms with Crippen molar-refractivity contribution < 1.29 is 0 Å². The zero-order valence-corrected chi connectivity index (χ0v) is 14.3. The van der Waals surface area contributed by atoms with Crippen LogP contribution in [0.1, 0.15) is 55.8 Å². The number of piperidine rings is 1. The monoisotopic (exact) mass is 312 g/mol. The van der Waals surface area contributed by atoms with Crippen LogP contribution < -0.4 is 10.2 Å². The molecule has 4 nitrogen and oxygen atoms in total. The van der Waals surface area contributed by atoms with Crippen LogP contribution in [0.3, 0.4) is 0 Å². The van der Waals surface area contributed by atoms with Gasteiger partial charge in [0.25, 0.3) is 0 Å². The van der Waals surface area contributed by atoms with Gasteiger partial charge in [-0.1, -0.05) is 32.0 Å². The fourth-order valence-corrected chi connectivity index (χ4v) is 3.39. The molecule has 0 radical (unpaired) electrons. The molecule has 2 heterocycles. The minimum absolute atomic E-state index is 0.506. The van der Waals surface area contributed by atoms with Gasteiger partial charge in [-0.3, -0.25) is 5.10 Å². The van der Waals surface area contributed by atoms with Crippen LogP contribution in [-0.4, -0.2) is 23.3 Å². The molecule has 0 atom stereocenters. The van der Waals surface area contributed by atoms with Crippen molar-refractivity contribution in [2.75, 3.05) is 18.0 Å². The van der Waals surface area contributed by atoms with Crippen molar-refractivity contribution in [2.45, 2.75) is 52.1 Å². The largest absolute Gasteiger partial charge is 0.371 e. The summed E-state index contributed by atoms with van der Waals surface area (Å²) in [6.07, 6.45) is 5.94. The minimum Gasteiger partial charge on any atom is -0.371 e. The molecule has 4 heteroatoms. The summed E-state index contributed by atoms with van der Waals surface area (Å²) in [5.41, 5.74) is 5.30. The Morgan fingerprint density at radius 1 is 1.13 bits per heavy atom. The van der Waals surface area contributed by atoms with Gasteiger partial charge in [0, 0.05) is 31.9 Å². The molecule has 23 heavy (non-hydrogen) atoms. The molecule has 2 N–H and O–H groups in total. The first-order chi connectivity index (χ1) is 11.3. The number of nitrogens with zero attached hydrogens (tertiary/aromatic N) is 2. The van der Waals surface area contributed by atoms with Crippen LogP contribution in [0.4, 0.5) is 5.69 Å². The average molecular weight is 312 g/mol. The quantitative estimate of drug-likeness (QED) is 0.852. The van der Waals surface area contributed by atoms with E-state index in [1.54, 1.807) is 0 Å². The third kappa shape index (κ3) is 3.94. The maximum Gasteiger partial charge on any atom is 0.0525 e. The minimum atomic E-state index is 0.506. The summed E-state index contributed by atoms with van der Waals surface area (Å²) in [5.74, 6) is 0.506. The highest BCUT2D eigenvalue weighted by Gasteiger charge is 2.14. The molecule has 0 unspecified atom stereocenters. The van der Waals surface area contributed by atoms with Crippen molar-refractivity contribution in [1.29, 1.82) is 0 Å². The molecule has 1 aliphatic heterocycles. The lowest BCUT2D eigenvalue weighted by Crippen LogP contribution is -2.30. The van der Waals surface area contributed by atoms with Crippen molar-refractivity contribution in [3.63, 3.8) is 0 Å². The highest BCUT2D eigenvalue weighted by atomic mass is 15.1. The fraction of sp³-hybridized carbons (Fsp3) is 0.526. The van der Waals surface area contributed by atoms with Crippen molar-refractivity contribution in [3.8, 4) is 0 Å². The molecule has 1 saturated heterocycles. The van der Waals surface area contributed by atoms with Gasteiger partial charge < -0.3 is 10.2 Å². The molecule has 3 rings (SSSR count). The Balaban J connectivity index is 1.63. The highest BCUT2D eigenvalue weighted by molar-refractivity contribution is 5.53. The van der Waals surface area contributed by atoms with Crippen LogP contribution in [0.2, 0.25) is 0 Å². The smallest absolute Gasteiger partial charge is 0.0525 e. The van der Waals surface area contributed by atoms with E-state index in [4.69, 9.17) is 0 Å². The summed E-state index contributed by atoms with van der Waals surface area (Å²) in [6, 6.07) is 8.80. The van der Waals surface area contributed by atoms with Crippen molar-refractivity contribution in [3.05, 3.63) is 47.3 Å². The zero-order chi connectivity index (χ0) is 16.1. The second-order valence-corrected chi connectivity index (χ2v) is 6.74. The molecule has 1 aliphatic rings. The molecule has 1 aromatic heterocycles. The van der Waals surface area contributed by atoms with E-state index in [1.165, 1.54) is 54.9 Å². The summed E-state index contributed by atoms with van der Waals surface area (Å²) in [5, 5.41) is 10.9. The Bertz CT molecular complexity index is 611. The molecule has 0 saturated carbocycles. The number of hydrogen-bond acceptors (Lipinski definition) is 3. The molecule has 0 bridgehead atoms. The van der Waals surface area contributed by atoms with E-state index in [9.17, 15) is 0 Å².